The lowest BCUT2D eigenvalue weighted by Gasteiger charge is -2.09. The summed E-state index contributed by atoms with van der Waals surface area (Å²) in [5.41, 5.74) is 0.959. The molecule has 0 radical (unpaired) electrons. The average molecular weight is 196 g/mol. The fourth-order valence-corrected chi connectivity index (χ4v) is 1.30. The summed E-state index contributed by atoms with van der Waals surface area (Å²) in [6, 6.07) is 5.12. The van der Waals surface area contributed by atoms with E-state index in [-0.39, 0.29) is 11.9 Å². The van der Waals surface area contributed by atoms with Gasteiger partial charge >= 0.3 is 0 Å². The molecule has 1 unspecified atom stereocenters. The van der Waals surface area contributed by atoms with Crippen molar-refractivity contribution in [3.8, 4) is 11.5 Å². The van der Waals surface area contributed by atoms with Crippen LogP contribution in [0.25, 0.3) is 0 Å². The van der Waals surface area contributed by atoms with Crippen LogP contribution in [0.2, 0.25) is 0 Å². The Hall–Kier alpha value is -1.22. The van der Waals surface area contributed by atoms with Crippen LogP contribution in [0.4, 0.5) is 0 Å². The van der Waals surface area contributed by atoms with E-state index in [2.05, 4.69) is 0 Å². The number of hydrogen-bond donors (Lipinski definition) is 2. The molecule has 0 heterocycles. The van der Waals surface area contributed by atoms with Gasteiger partial charge in [0.15, 0.2) is 11.5 Å². The Morgan fingerprint density at radius 3 is 2.71 bits per heavy atom. The normalized spacial score (nSPS) is 12.5. The van der Waals surface area contributed by atoms with Crippen molar-refractivity contribution in [2.45, 2.75) is 26.4 Å². The Bertz CT molecular complexity index is 295. The van der Waals surface area contributed by atoms with E-state index >= 15 is 0 Å². The van der Waals surface area contributed by atoms with Gasteiger partial charge in [-0.1, -0.05) is 6.07 Å². The van der Waals surface area contributed by atoms with Crippen molar-refractivity contribution in [3.63, 3.8) is 0 Å². The van der Waals surface area contributed by atoms with Gasteiger partial charge in [-0.3, -0.25) is 0 Å². The zero-order chi connectivity index (χ0) is 10.6. The van der Waals surface area contributed by atoms with Crippen molar-refractivity contribution in [2.24, 2.45) is 0 Å². The Labute approximate surface area is 84.0 Å². The van der Waals surface area contributed by atoms with E-state index in [1.54, 1.807) is 25.1 Å². The molecule has 1 aromatic rings. The summed E-state index contributed by atoms with van der Waals surface area (Å²) in [5.74, 6) is 0.617. The highest BCUT2D eigenvalue weighted by atomic mass is 16.5. The maximum atomic E-state index is 9.41. The minimum absolute atomic E-state index is 0.140. The molecule has 0 saturated carbocycles. The number of aliphatic hydroxyl groups is 1. The van der Waals surface area contributed by atoms with Crippen molar-refractivity contribution < 1.29 is 14.9 Å². The van der Waals surface area contributed by atoms with Crippen molar-refractivity contribution in [1.82, 2.24) is 0 Å². The van der Waals surface area contributed by atoms with Crippen molar-refractivity contribution in [3.05, 3.63) is 23.8 Å². The number of ether oxygens (including phenoxy) is 1. The number of aliphatic hydroxyl groups excluding tert-OH is 1. The first-order valence-electron chi connectivity index (χ1n) is 4.76. The van der Waals surface area contributed by atoms with Gasteiger partial charge in [-0.25, -0.2) is 0 Å². The maximum absolute atomic E-state index is 9.41. The van der Waals surface area contributed by atoms with Gasteiger partial charge in [0.1, 0.15) is 0 Å². The molecule has 2 N–H and O–H groups in total. The van der Waals surface area contributed by atoms with E-state index < -0.39 is 0 Å². The van der Waals surface area contributed by atoms with E-state index in [0.717, 1.165) is 5.56 Å². The van der Waals surface area contributed by atoms with Crippen LogP contribution in [0.15, 0.2) is 18.2 Å². The molecular weight excluding hydrogens is 180 g/mol. The molecule has 3 nitrogen and oxygen atoms in total. The molecule has 0 aliphatic rings. The maximum Gasteiger partial charge on any atom is 0.161 e. The van der Waals surface area contributed by atoms with Crippen molar-refractivity contribution in [1.29, 1.82) is 0 Å². The van der Waals surface area contributed by atoms with Gasteiger partial charge in [0, 0.05) is 0 Å². The Morgan fingerprint density at radius 1 is 1.43 bits per heavy atom. The standard InChI is InChI=1S/C11H16O3/c1-3-14-11-7-9(6-8(2)12)4-5-10(11)13/h4-5,7-8,12-13H,3,6H2,1-2H3. The average Bonchev–Trinajstić information content (AvgIpc) is 2.10. The van der Waals surface area contributed by atoms with Crippen molar-refractivity contribution in [2.75, 3.05) is 6.61 Å². The van der Waals surface area contributed by atoms with Gasteiger partial charge in [-0.15, -0.1) is 0 Å². The summed E-state index contributed by atoms with van der Waals surface area (Å²) in [7, 11) is 0. The minimum Gasteiger partial charge on any atom is -0.504 e. The number of phenolic OH excluding ortho intramolecular Hbond substituents is 1. The number of aromatic hydroxyl groups is 1. The second-order valence-corrected chi connectivity index (χ2v) is 3.29. The predicted octanol–water partition coefficient (Wildman–Crippen LogP) is 1.71. The fraction of sp³-hybridized carbons (Fsp3) is 0.455. The largest absolute Gasteiger partial charge is 0.504 e. The van der Waals surface area contributed by atoms with E-state index in [1.807, 2.05) is 6.92 Å². The lowest BCUT2D eigenvalue weighted by molar-refractivity contribution is 0.195. The molecule has 0 aliphatic heterocycles. The quantitative estimate of drug-likeness (QED) is 0.770. The Kier molecular flexibility index (Phi) is 3.77. The molecule has 0 saturated heterocycles. The summed E-state index contributed by atoms with van der Waals surface area (Å²) in [6.07, 6.45) is 0.189. The fourth-order valence-electron chi connectivity index (χ4n) is 1.30. The van der Waals surface area contributed by atoms with Gasteiger partial charge in [0.25, 0.3) is 0 Å². The third-order valence-electron chi connectivity index (χ3n) is 1.86. The zero-order valence-electron chi connectivity index (χ0n) is 8.53. The molecule has 0 aliphatic carbocycles. The van der Waals surface area contributed by atoms with Gasteiger partial charge in [0.05, 0.1) is 12.7 Å². The Morgan fingerprint density at radius 2 is 2.14 bits per heavy atom. The van der Waals surface area contributed by atoms with Crippen LogP contribution in [-0.2, 0) is 6.42 Å². The van der Waals surface area contributed by atoms with Crippen LogP contribution in [0, 0.1) is 0 Å². The predicted molar refractivity (Wildman–Crippen MR) is 54.7 cm³/mol. The van der Waals surface area contributed by atoms with E-state index in [9.17, 15) is 10.2 Å². The SMILES string of the molecule is CCOc1cc(CC(C)O)ccc1O. The van der Waals surface area contributed by atoms with Crippen molar-refractivity contribution >= 4 is 0 Å². The van der Waals surface area contributed by atoms with Crippen LogP contribution in [0.3, 0.4) is 0 Å². The van der Waals surface area contributed by atoms with Gasteiger partial charge in [0.2, 0.25) is 0 Å². The third-order valence-corrected chi connectivity index (χ3v) is 1.86. The first-order chi connectivity index (χ1) is 6.63. The molecule has 0 fully saturated rings. The van der Waals surface area contributed by atoms with Gasteiger partial charge in [-0.2, -0.15) is 0 Å². The summed E-state index contributed by atoms with van der Waals surface area (Å²) in [5, 5.41) is 18.6. The lowest BCUT2D eigenvalue weighted by Crippen LogP contribution is -2.04. The highest BCUT2D eigenvalue weighted by Crippen LogP contribution is 2.27. The molecule has 1 aromatic carbocycles. The number of hydrogen-bond acceptors (Lipinski definition) is 3. The first-order valence-corrected chi connectivity index (χ1v) is 4.76. The molecule has 3 heteroatoms. The molecule has 78 valence electrons. The first kappa shape index (κ1) is 10.9. The topological polar surface area (TPSA) is 49.7 Å². The van der Waals surface area contributed by atoms with Crippen LogP contribution < -0.4 is 4.74 Å². The molecule has 1 atom stereocenters. The van der Waals surface area contributed by atoms with Gasteiger partial charge < -0.3 is 14.9 Å². The van der Waals surface area contributed by atoms with E-state index in [1.165, 1.54) is 0 Å². The highest BCUT2D eigenvalue weighted by Gasteiger charge is 2.05. The molecular formula is C11H16O3. The molecule has 0 amide bonds. The summed E-state index contributed by atoms with van der Waals surface area (Å²) < 4.78 is 5.23. The Balaban J connectivity index is 2.83. The highest BCUT2D eigenvalue weighted by molar-refractivity contribution is 5.41. The molecule has 0 spiro atoms. The summed E-state index contributed by atoms with van der Waals surface area (Å²) >= 11 is 0. The molecule has 0 bridgehead atoms. The minimum atomic E-state index is -0.381. The monoisotopic (exact) mass is 196 g/mol. The molecule has 1 rings (SSSR count). The third kappa shape index (κ3) is 2.92. The second-order valence-electron chi connectivity index (χ2n) is 3.29. The number of benzene rings is 1. The smallest absolute Gasteiger partial charge is 0.161 e. The number of rotatable bonds is 4. The summed E-state index contributed by atoms with van der Waals surface area (Å²) in [4.78, 5) is 0. The van der Waals surface area contributed by atoms with Crippen LogP contribution in [-0.4, -0.2) is 22.9 Å². The molecule has 14 heavy (non-hydrogen) atoms. The van der Waals surface area contributed by atoms with Gasteiger partial charge in [-0.05, 0) is 38.0 Å². The van der Waals surface area contributed by atoms with Crippen LogP contribution in [0.1, 0.15) is 19.4 Å². The van der Waals surface area contributed by atoms with E-state index in [0.29, 0.717) is 18.8 Å². The zero-order valence-corrected chi connectivity index (χ0v) is 8.53. The molecule has 0 aromatic heterocycles. The van der Waals surface area contributed by atoms with Crippen LogP contribution in [0.5, 0.6) is 11.5 Å². The second kappa shape index (κ2) is 4.86. The lowest BCUT2D eigenvalue weighted by atomic mass is 10.1. The van der Waals surface area contributed by atoms with Crippen LogP contribution >= 0.6 is 0 Å². The number of phenols is 1. The summed E-state index contributed by atoms with van der Waals surface area (Å²) in [6.45, 7) is 4.11. The van der Waals surface area contributed by atoms with E-state index in [4.69, 9.17) is 4.74 Å².